The maximum Gasteiger partial charge on any atom is 0.346 e. The van der Waals surface area contributed by atoms with E-state index in [1.54, 1.807) is 36.7 Å². The Balaban J connectivity index is 1.98. The normalized spacial score (nSPS) is 12.1. The second-order valence-corrected chi connectivity index (χ2v) is 10.5. The number of nitrogens with two attached hydrogens (primary N) is 1. The minimum Gasteiger partial charge on any atom is -0.366 e. The molecule has 200 valence electrons. The van der Waals surface area contributed by atoms with Crippen molar-refractivity contribution in [2.75, 3.05) is 13.1 Å². The summed E-state index contributed by atoms with van der Waals surface area (Å²) in [6.07, 6.45) is 9.18. The molecule has 0 unspecified atom stereocenters. The van der Waals surface area contributed by atoms with Gasteiger partial charge in [0.15, 0.2) is 11.6 Å². The van der Waals surface area contributed by atoms with Gasteiger partial charge in [-0.05, 0) is 71.3 Å². The molecule has 3 rings (SSSR count). The molecule has 0 aliphatic heterocycles. The van der Waals surface area contributed by atoms with Crippen molar-refractivity contribution in [3.8, 4) is 0 Å². The van der Waals surface area contributed by atoms with Crippen LogP contribution in [0.2, 0.25) is 0 Å². The Kier molecular flexibility index (Phi) is 9.39. The zero-order valence-corrected chi connectivity index (χ0v) is 23.1. The average Bonchev–Trinajstić information content (AvgIpc) is 3.44. The second kappa shape index (κ2) is 12.3. The van der Waals surface area contributed by atoms with Crippen LogP contribution < -0.4 is 5.73 Å². The van der Waals surface area contributed by atoms with E-state index in [1.807, 2.05) is 35.6 Å². The quantitative estimate of drug-likeness (QED) is 0.281. The number of benzene rings is 1. The molecule has 2 heterocycles. The van der Waals surface area contributed by atoms with Gasteiger partial charge in [-0.2, -0.15) is 0 Å². The fourth-order valence-corrected chi connectivity index (χ4v) is 4.97. The minimum atomic E-state index is -0.513. The Labute approximate surface area is 220 Å². The van der Waals surface area contributed by atoms with Crippen molar-refractivity contribution >= 4 is 11.8 Å². The lowest BCUT2D eigenvalue weighted by molar-refractivity contribution is -0.877. The summed E-state index contributed by atoms with van der Waals surface area (Å²) >= 11 is 0. The zero-order chi connectivity index (χ0) is 27.2. The summed E-state index contributed by atoms with van der Waals surface area (Å²) in [7, 11) is 3.90. The van der Waals surface area contributed by atoms with Gasteiger partial charge >= 0.3 is 5.91 Å². The highest BCUT2D eigenvalue weighted by Crippen LogP contribution is 2.25. The first-order valence-electron chi connectivity index (χ1n) is 13.0. The number of nitrogens with zero attached hydrogens (tertiary/aromatic N) is 6. The van der Waals surface area contributed by atoms with Crippen molar-refractivity contribution in [2.45, 2.75) is 65.7 Å². The molecule has 2 aromatic heterocycles. The van der Waals surface area contributed by atoms with Crippen LogP contribution in [0.4, 0.5) is 0 Å². The number of rotatable bonds is 13. The highest BCUT2D eigenvalue weighted by Gasteiger charge is 2.40. The van der Waals surface area contributed by atoms with Crippen molar-refractivity contribution in [3.63, 3.8) is 0 Å². The van der Waals surface area contributed by atoms with Crippen molar-refractivity contribution in [3.05, 3.63) is 71.8 Å². The fraction of sp³-hybridized carbons (Fsp3) is 0.500. The molecule has 2 N–H and O–H groups in total. The van der Waals surface area contributed by atoms with Gasteiger partial charge in [0.1, 0.15) is 13.1 Å². The van der Waals surface area contributed by atoms with E-state index < -0.39 is 5.91 Å². The number of imidazole rings is 2. The predicted octanol–water partition coefficient (Wildman–Crippen LogP) is 3.51. The molecule has 2 amide bonds. The summed E-state index contributed by atoms with van der Waals surface area (Å²) in [5.41, 5.74) is 6.35. The molecule has 0 aliphatic carbocycles. The molecule has 0 spiro atoms. The molecule has 3 aromatic rings. The molecule has 9 nitrogen and oxygen atoms in total. The summed E-state index contributed by atoms with van der Waals surface area (Å²) in [6, 6.07) is 7.57. The van der Waals surface area contributed by atoms with Crippen LogP contribution in [0.1, 0.15) is 72.9 Å². The van der Waals surface area contributed by atoms with Gasteiger partial charge in [-0.25, -0.2) is 19.2 Å². The summed E-state index contributed by atoms with van der Waals surface area (Å²) < 4.78 is 4.08. The molecular weight excluding hydrogens is 466 g/mol. The lowest BCUT2D eigenvalue weighted by atomic mass is 10.1. The molecule has 0 atom stereocenters. The highest BCUT2D eigenvalue weighted by atomic mass is 16.2. The molecule has 1 aromatic carbocycles. The Morgan fingerprint density at radius 3 is 1.76 bits per heavy atom. The van der Waals surface area contributed by atoms with Crippen LogP contribution in [-0.4, -0.2) is 65.5 Å². The summed E-state index contributed by atoms with van der Waals surface area (Å²) in [5.74, 6) is 1.14. The van der Waals surface area contributed by atoms with Gasteiger partial charge in [0.05, 0.1) is 12.1 Å². The number of carbonyl (C=O) groups excluding carboxylic acids is 2. The van der Waals surface area contributed by atoms with Crippen molar-refractivity contribution < 1.29 is 14.1 Å². The highest BCUT2D eigenvalue weighted by molar-refractivity contribution is 5.95. The average molecular weight is 509 g/mol. The lowest BCUT2D eigenvalue weighted by Gasteiger charge is -2.36. The van der Waals surface area contributed by atoms with Gasteiger partial charge in [-0.3, -0.25) is 9.69 Å². The van der Waals surface area contributed by atoms with Crippen LogP contribution in [0, 0.1) is 0 Å². The number of carbonyl (C=O) groups is 2. The number of hydrogen-bond acceptors (Lipinski definition) is 5. The zero-order valence-electron chi connectivity index (χ0n) is 23.1. The van der Waals surface area contributed by atoms with Gasteiger partial charge in [0.25, 0.3) is 0 Å². The van der Waals surface area contributed by atoms with Crippen LogP contribution in [0.15, 0.2) is 49.1 Å². The molecule has 0 saturated carbocycles. The lowest BCUT2D eigenvalue weighted by Crippen LogP contribution is -2.53. The largest absolute Gasteiger partial charge is 0.366 e. The number of quaternary nitrogens is 1. The van der Waals surface area contributed by atoms with E-state index in [1.165, 1.54) is 0 Å². The molecule has 0 bridgehead atoms. The van der Waals surface area contributed by atoms with E-state index in [4.69, 9.17) is 5.73 Å². The topological polar surface area (TPSA) is 99.0 Å². The summed E-state index contributed by atoms with van der Waals surface area (Å²) in [4.78, 5) is 37.6. The van der Waals surface area contributed by atoms with Gasteiger partial charge in [0.2, 0.25) is 5.91 Å². The van der Waals surface area contributed by atoms with Gasteiger partial charge in [0, 0.05) is 56.5 Å². The van der Waals surface area contributed by atoms with Crippen molar-refractivity contribution in [2.24, 2.45) is 19.8 Å². The van der Waals surface area contributed by atoms with Gasteiger partial charge in [-0.1, -0.05) is 0 Å². The van der Waals surface area contributed by atoms with E-state index in [0.29, 0.717) is 42.8 Å². The third-order valence-corrected chi connectivity index (χ3v) is 7.16. The number of unbranched alkanes of at least 4 members (excludes halogenated alkanes) is 1. The molecule has 0 fully saturated rings. The summed E-state index contributed by atoms with van der Waals surface area (Å²) in [6.45, 7) is 11.4. The monoisotopic (exact) mass is 508 g/mol. The third kappa shape index (κ3) is 6.93. The van der Waals surface area contributed by atoms with Crippen LogP contribution in [0.3, 0.4) is 0 Å². The first kappa shape index (κ1) is 28.3. The molecular formula is C28H42N7O2+. The second-order valence-electron chi connectivity index (χ2n) is 10.5. The Bertz CT molecular complexity index is 1130. The number of amides is 2. The molecule has 37 heavy (non-hydrogen) atoms. The first-order valence-corrected chi connectivity index (χ1v) is 13.0. The van der Waals surface area contributed by atoms with Crippen molar-refractivity contribution in [1.82, 2.24) is 24.0 Å². The van der Waals surface area contributed by atoms with E-state index in [9.17, 15) is 9.59 Å². The van der Waals surface area contributed by atoms with E-state index in [2.05, 4.69) is 42.6 Å². The SMILES string of the molecule is CC(C)N(CCCC[N+](Cc1nccn1C)(Cc1nccn1C)C(=O)c1ccc(C(N)=O)cc1)C(C)C. The number of hydrogen-bond donors (Lipinski definition) is 1. The number of aryl methyl sites for hydroxylation is 2. The van der Waals surface area contributed by atoms with E-state index in [-0.39, 0.29) is 10.4 Å². The number of aromatic nitrogens is 4. The molecule has 0 radical (unpaired) electrons. The fourth-order valence-electron chi connectivity index (χ4n) is 4.97. The standard InChI is InChI=1S/C28H41N7O2/c1-21(2)34(22(3)4)15-7-8-18-35(19-25-30-13-16-32(25)5,20-26-31-14-17-33(26)6)28(37)24-11-9-23(10-12-24)27(29)36/h9-14,16-17,21-22H,7-8,15,18-20H2,1-6H3,(H-,29,36)/p+1. The Hall–Kier alpha value is -3.30. The number of primary amides is 1. The molecule has 0 aliphatic rings. The van der Waals surface area contributed by atoms with Gasteiger partial charge in [-0.15, -0.1) is 0 Å². The Morgan fingerprint density at radius 1 is 0.865 bits per heavy atom. The van der Waals surface area contributed by atoms with Crippen LogP contribution in [0.5, 0.6) is 0 Å². The summed E-state index contributed by atoms with van der Waals surface area (Å²) in [5, 5.41) is 0. The van der Waals surface area contributed by atoms with Crippen LogP contribution >= 0.6 is 0 Å². The smallest absolute Gasteiger partial charge is 0.346 e. The maximum atomic E-state index is 14.3. The molecule has 0 saturated heterocycles. The van der Waals surface area contributed by atoms with E-state index >= 15 is 0 Å². The Morgan fingerprint density at radius 2 is 1.35 bits per heavy atom. The molecule has 9 heteroatoms. The third-order valence-electron chi connectivity index (χ3n) is 7.16. The maximum absolute atomic E-state index is 14.3. The van der Waals surface area contributed by atoms with Crippen molar-refractivity contribution in [1.29, 1.82) is 0 Å². The van der Waals surface area contributed by atoms with Crippen LogP contribution in [-0.2, 0) is 27.2 Å². The minimum absolute atomic E-state index is 0.0217. The predicted molar refractivity (Wildman–Crippen MR) is 144 cm³/mol. The van der Waals surface area contributed by atoms with Crippen LogP contribution in [0.25, 0.3) is 0 Å². The van der Waals surface area contributed by atoms with Gasteiger partial charge < -0.3 is 14.9 Å². The van der Waals surface area contributed by atoms with E-state index in [0.717, 1.165) is 31.0 Å². The first-order chi connectivity index (χ1) is 17.5.